The number of hydrogen-bond acceptors (Lipinski definition) is 3. The summed E-state index contributed by atoms with van der Waals surface area (Å²) in [7, 11) is 0. The molecule has 6 heteroatoms. The first kappa shape index (κ1) is 17.0. The number of nitrogens with one attached hydrogen (secondary N) is 2. The third-order valence-corrected chi connectivity index (χ3v) is 4.00. The van der Waals surface area contributed by atoms with E-state index in [1.807, 2.05) is 0 Å². The number of carbonyl (C=O) groups is 2. The summed E-state index contributed by atoms with van der Waals surface area (Å²) in [6.07, 6.45) is 3.33. The molecule has 2 saturated heterocycles. The van der Waals surface area contributed by atoms with E-state index in [0.717, 1.165) is 19.3 Å². The van der Waals surface area contributed by atoms with Crippen LogP contribution in [0.15, 0.2) is 0 Å². The first-order chi connectivity index (χ1) is 8.54. The second-order valence-electron chi connectivity index (χ2n) is 5.70. The Morgan fingerprint density at radius 2 is 1.95 bits per heavy atom. The van der Waals surface area contributed by atoms with Gasteiger partial charge in [0.25, 0.3) is 5.91 Å². The molecular formula is C13H22N2NaO3. The summed E-state index contributed by atoms with van der Waals surface area (Å²) >= 11 is 0. The van der Waals surface area contributed by atoms with Crippen molar-refractivity contribution >= 4 is 41.5 Å². The van der Waals surface area contributed by atoms with Gasteiger partial charge in [0.2, 0.25) is 0 Å². The van der Waals surface area contributed by atoms with Gasteiger partial charge in [0.05, 0.1) is 0 Å². The molecule has 1 unspecified atom stereocenters. The monoisotopic (exact) mass is 277 g/mol. The summed E-state index contributed by atoms with van der Waals surface area (Å²) in [5, 5.41) is 5.29. The van der Waals surface area contributed by atoms with Crippen LogP contribution in [0.1, 0.15) is 39.5 Å². The van der Waals surface area contributed by atoms with E-state index in [0.29, 0.717) is 25.6 Å². The van der Waals surface area contributed by atoms with Crippen LogP contribution in [0.5, 0.6) is 0 Å². The minimum atomic E-state index is -0.703. The van der Waals surface area contributed by atoms with Crippen LogP contribution in [0.2, 0.25) is 0 Å². The van der Waals surface area contributed by atoms with Crippen molar-refractivity contribution in [2.24, 2.45) is 11.8 Å². The number of amides is 3. The van der Waals surface area contributed by atoms with E-state index in [-0.39, 0.29) is 47.4 Å². The number of imide groups is 1. The molecule has 0 aromatic carbocycles. The Bertz CT molecular complexity index is 343. The van der Waals surface area contributed by atoms with E-state index in [1.165, 1.54) is 0 Å². The number of rotatable bonds is 4. The fraction of sp³-hybridized carbons (Fsp3) is 0.846. The molecule has 19 heavy (non-hydrogen) atoms. The molecule has 0 aliphatic carbocycles. The Morgan fingerprint density at radius 3 is 2.42 bits per heavy atom. The average molecular weight is 277 g/mol. The molecule has 0 saturated carbocycles. The van der Waals surface area contributed by atoms with Crippen molar-refractivity contribution in [3.63, 3.8) is 0 Å². The van der Waals surface area contributed by atoms with Crippen LogP contribution < -0.4 is 10.6 Å². The van der Waals surface area contributed by atoms with Gasteiger partial charge in [-0.3, -0.25) is 10.1 Å². The molecule has 2 aliphatic rings. The topological polar surface area (TPSA) is 67.4 Å². The molecule has 1 atom stereocenters. The molecule has 0 aromatic rings. The zero-order valence-corrected chi connectivity index (χ0v) is 14.1. The molecule has 2 rings (SSSR count). The van der Waals surface area contributed by atoms with E-state index in [2.05, 4.69) is 24.5 Å². The van der Waals surface area contributed by atoms with Crippen LogP contribution in [0, 0.1) is 11.8 Å². The zero-order valence-electron chi connectivity index (χ0n) is 12.1. The maximum absolute atomic E-state index is 12.2. The number of ether oxygens (including phenoxy) is 1. The molecule has 103 valence electrons. The van der Waals surface area contributed by atoms with E-state index in [9.17, 15) is 9.59 Å². The number of urea groups is 1. The fourth-order valence-corrected chi connectivity index (χ4v) is 2.88. The van der Waals surface area contributed by atoms with Gasteiger partial charge in [0.15, 0.2) is 0 Å². The predicted molar refractivity (Wildman–Crippen MR) is 72.8 cm³/mol. The van der Waals surface area contributed by atoms with Crippen LogP contribution in [0.25, 0.3) is 0 Å². The van der Waals surface area contributed by atoms with Gasteiger partial charge >= 0.3 is 6.03 Å². The average Bonchev–Trinajstić information content (AvgIpc) is 2.64. The molecule has 2 N–H and O–H groups in total. The minimum Gasteiger partial charge on any atom is -0.381 e. The van der Waals surface area contributed by atoms with Crippen molar-refractivity contribution in [3.8, 4) is 0 Å². The zero-order chi connectivity index (χ0) is 13.2. The third-order valence-electron chi connectivity index (χ3n) is 4.00. The number of hydrogen-bond donors (Lipinski definition) is 2. The van der Waals surface area contributed by atoms with Crippen molar-refractivity contribution in [3.05, 3.63) is 0 Å². The predicted octanol–water partition coefficient (Wildman–Crippen LogP) is 1.05. The molecule has 0 bridgehead atoms. The summed E-state index contributed by atoms with van der Waals surface area (Å²) in [5.41, 5.74) is -0.703. The fourth-order valence-electron chi connectivity index (χ4n) is 2.88. The van der Waals surface area contributed by atoms with Crippen LogP contribution in [-0.2, 0) is 9.53 Å². The molecule has 2 aliphatic heterocycles. The van der Waals surface area contributed by atoms with E-state index < -0.39 is 5.54 Å². The van der Waals surface area contributed by atoms with Gasteiger partial charge in [-0.25, -0.2) is 4.79 Å². The van der Waals surface area contributed by atoms with Gasteiger partial charge in [-0.05, 0) is 37.5 Å². The van der Waals surface area contributed by atoms with Crippen molar-refractivity contribution in [2.75, 3.05) is 13.2 Å². The Hall–Kier alpha value is -0.100. The smallest absolute Gasteiger partial charge is 0.322 e. The summed E-state index contributed by atoms with van der Waals surface area (Å²) in [6.45, 7) is 5.62. The van der Waals surface area contributed by atoms with Gasteiger partial charge in [-0.15, -0.1) is 0 Å². The van der Waals surface area contributed by atoms with E-state index in [4.69, 9.17) is 4.74 Å². The van der Waals surface area contributed by atoms with Gasteiger partial charge in [0.1, 0.15) is 5.54 Å². The SMILES string of the molecule is CC(C)CCC1(C2CCOCC2)NC(=O)NC1=O.[Na]. The van der Waals surface area contributed by atoms with E-state index >= 15 is 0 Å². The Morgan fingerprint density at radius 1 is 1.32 bits per heavy atom. The summed E-state index contributed by atoms with van der Waals surface area (Å²) in [4.78, 5) is 23.7. The summed E-state index contributed by atoms with van der Waals surface area (Å²) in [5.74, 6) is 0.559. The van der Waals surface area contributed by atoms with Crippen molar-refractivity contribution in [2.45, 2.75) is 45.1 Å². The summed E-state index contributed by atoms with van der Waals surface area (Å²) in [6, 6.07) is -0.352. The molecule has 0 spiro atoms. The van der Waals surface area contributed by atoms with Crippen LogP contribution >= 0.6 is 0 Å². The van der Waals surface area contributed by atoms with Gasteiger partial charge in [0, 0.05) is 42.8 Å². The quantitative estimate of drug-likeness (QED) is 0.596. The maximum atomic E-state index is 12.2. The molecular weight excluding hydrogens is 255 g/mol. The molecule has 3 amide bonds. The third kappa shape index (κ3) is 3.72. The van der Waals surface area contributed by atoms with Gasteiger partial charge in [-0.2, -0.15) is 0 Å². The molecule has 5 nitrogen and oxygen atoms in total. The van der Waals surface area contributed by atoms with Crippen molar-refractivity contribution in [1.82, 2.24) is 10.6 Å². The Balaban J connectivity index is 0.00000180. The van der Waals surface area contributed by atoms with Gasteiger partial charge in [-0.1, -0.05) is 13.8 Å². The largest absolute Gasteiger partial charge is 0.381 e. The maximum Gasteiger partial charge on any atom is 0.322 e. The minimum absolute atomic E-state index is 0. The van der Waals surface area contributed by atoms with Crippen molar-refractivity contribution < 1.29 is 14.3 Å². The molecule has 1 radical (unpaired) electrons. The van der Waals surface area contributed by atoms with Crippen LogP contribution in [-0.4, -0.2) is 60.2 Å². The van der Waals surface area contributed by atoms with E-state index in [1.54, 1.807) is 0 Å². The second-order valence-corrected chi connectivity index (χ2v) is 5.70. The molecule has 2 heterocycles. The number of carbonyl (C=O) groups excluding carboxylic acids is 2. The van der Waals surface area contributed by atoms with Crippen molar-refractivity contribution in [1.29, 1.82) is 0 Å². The summed E-state index contributed by atoms with van der Waals surface area (Å²) < 4.78 is 5.35. The van der Waals surface area contributed by atoms with Crippen LogP contribution in [0.4, 0.5) is 4.79 Å². The normalized spacial score (nSPS) is 27.9. The molecule has 2 fully saturated rings. The Labute approximate surface area is 136 Å². The Kier molecular flexibility index (Phi) is 6.30. The second kappa shape index (κ2) is 7.07. The van der Waals surface area contributed by atoms with Gasteiger partial charge < -0.3 is 10.1 Å². The van der Waals surface area contributed by atoms with Crippen LogP contribution in [0.3, 0.4) is 0 Å². The standard InChI is InChI=1S/C13H22N2O3.Na/c1-9(2)3-6-13(10-4-7-18-8-5-10)11(16)14-12(17)15-13;/h9-10H,3-8H2,1-2H3,(H2,14,15,16,17);. The first-order valence-electron chi connectivity index (χ1n) is 6.76. The molecule has 0 aromatic heterocycles. The first-order valence-corrected chi connectivity index (χ1v) is 6.76.